The van der Waals surface area contributed by atoms with Crippen molar-refractivity contribution >= 4 is 40.1 Å². The highest BCUT2D eigenvalue weighted by Crippen LogP contribution is 2.24. The zero-order valence-corrected chi connectivity index (χ0v) is 15.5. The summed E-state index contributed by atoms with van der Waals surface area (Å²) in [5, 5.41) is 14.8. The van der Waals surface area contributed by atoms with Gasteiger partial charge in [-0.2, -0.15) is 0 Å². The normalized spacial score (nSPS) is 11.8. The summed E-state index contributed by atoms with van der Waals surface area (Å²) in [6.45, 7) is 0. The first-order chi connectivity index (χ1) is 13.4. The van der Waals surface area contributed by atoms with Crippen molar-refractivity contribution in [1.82, 2.24) is 10.3 Å². The number of rotatable bonds is 6. The molecule has 0 saturated carbocycles. The molecule has 28 heavy (non-hydrogen) atoms. The maximum Gasteiger partial charge on any atom is 0.328 e. The van der Waals surface area contributed by atoms with Crippen LogP contribution in [-0.4, -0.2) is 34.9 Å². The smallest absolute Gasteiger partial charge is 0.328 e. The van der Waals surface area contributed by atoms with Crippen molar-refractivity contribution in [3.8, 4) is 0 Å². The van der Waals surface area contributed by atoms with Crippen molar-refractivity contribution in [2.75, 3.05) is 7.11 Å². The number of nitro groups is 1. The van der Waals surface area contributed by atoms with Gasteiger partial charge in [0.25, 0.3) is 11.6 Å². The summed E-state index contributed by atoms with van der Waals surface area (Å²) < 4.78 is 4.79. The molecule has 1 unspecified atom stereocenters. The number of nitro benzene ring substituents is 1. The van der Waals surface area contributed by atoms with E-state index in [-0.39, 0.29) is 17.0 Å². The number of nitrogens with one attached hydrogen (secondary N) is 2. The minimum Gasteiger partial charge on any atom is -0.467 e. The molecule has 9 heteroatoms. The van der Waals surface area contributed by atoms with E-state index < -0.39 is 28.5 Å². The van der Waals surface area contributed by atoms with Crippen molar-refractivity contribution in [3.05, 3.63) is 74.9 Å². The number of esters is 1. The van der Waals surface area contributed by atoms with Crippen LogP contribution in [0.4, 0.5) is 5.69 Å². The summed E-state index contributed by atoms with van der Waals surface area (Å²) in [6.07, 6.45) is 1.90. The molecule has 0 bridgehead atoms. The number of ether oxygens (including phenoxy) is 1. The molecule has 0 spiro atoms. The van der Waals surface area contributed by atoms with Gasteiger partial charge in [0.15, 0.2) is 0 Å². The highest BCUT2D eigenvalue weighted by Gasteiger charge is 2.27. The molecule has 3 rings (SSSR count). The summed E-state index contributed by atoms with van der Waals surface area (Å²) >= 11 is 5.78. The molecule has 0 aliphatic heterocycles. The van der Waals surface area contributed by atoms with Crippen LogP contribution in [0.2, 0.25) is 5.02 Å². The van der Waals surface area contributed by atoms with E-state index in [1.54, 1.807) is 6.20 Å². The molecule has 1 aromatic heterocycles. The van der Waals surface area contributed by atoms with Gasteiger partial charge in [-0.25, -0.2) is 4.79 Å². The Labute approximate surface area is 164 Å². The van der Waals surface area contributed by atoms with Crippen molar-refractivity contribution in [1.29, 1.82) is 0 Å². The molecule has 0 saturated heterocycles. The molecular weight excluding hydrogens is 386 g/mol. The molecule has 1 atom stereocenters. The number of aromatic amines is 1. The number of fused-ring (bicyclic) bond motifs is 1. The SMILES string of the molecule is COC(=O)C(Cc1c[nH]c2ccccc12)NC(=O)c1ccc(Cl)cc1[N+](=O)[O-]. The molecule has 0 aliphatic carbocycles. The third kappa shape index (κ3) is 3.96. The zero-order valence-electron chi connectivity index (χ0n) is 14.8. The van der Waals surface area contributed by atoms with E-state index in [1.165, 1.54) is 19.2 Å². The Kier molecular flexibility index (Phi) is 5.60. The van der Waals surface area contributed by atoms with Crippen molar-refractivity contribution in [3.63, 3.8) is 0 Å². The van der Waals surface area contributed by atoms with E-state index in [1.807, 2.05) is 24.3 Å². The average Bonchev–Trinajstić information content (AvgIpc) is 3.09. The molecule has 144 valence electrons. The summed E-state index contributed by atoms with van der Waals surface area (Å²) in [7, 11) is 1.21. The van der Waals surface area contributed by atoms with Crippen molar-refractivity contribution in [2.24, 2.45) is 0 Å². The molecule has 2 aromatic carbocycles. The fraction of sp³-hybridized carbons (Fsp3) is 0.158. The second-order valence-corrected chi connectivity index (χ2v) is 6.47. The van der Waals surface area contributed by atoms with Gasteiger partial charge in [-0.15, -0.1) is 0 Å². The summed E-state index contributed by atoms with van der Waals surface area (Å²) in [5.74, 6) is -1.42. The fourth-order valence-corrected chi connectivity index (χ4v) is 3.11. The summed E-state index contributed by atoms with van der Waals surface area (Å²) in [5.41, 5.74) is 1.06. The molecule has 8 nitrogen and oxygen atoms in total. The Morgan fingerprint density at radius 1 is 1.29 bits per heavy atom. The molecule has 0 aliphatic rings. The van der Waals surface area contributed by atoms with Crippen molar-refractivity contribution < 1.29 is 19.2 Å². The van der Waals surface area contributed by atoms with Crippen LogP contribution in [0.5, 0.6) is 0 Å². The van der Waals surface area contributed by atoms with Crippen LogP contribution < -0.4 is 5.32 Å². The van der Waals surface area contributed by atoms with E-state index in [0.717, 1.165) is 22.5 Å². The fourth-order valence-electron chi connectivity index (χ4n) is 2.94. The molecular formula is C19H16ClN3O5. The van der Waals surface area contributed by atoms with Crippen LogP contribution >= 0.6 is 11.6 Å². The third-order valence-electron chi connectivity index (χ3n) is 4.29. The van der Waals surface area contributed by atoms with Crippen LogP contribution in [0.15, 0.2) is 48.7 Å². The second-order valence-electron chi connectivity index (χ2n) is 6.03. The van der Waals surface area contributed by atoms with E-state index in [9.17, 15) is 19.7 Å². The largest absolute Gasteiger partial charge is 0.467 e. The maximum atomic E-state index is 12.6. The first-order valence-electron chi connectivity index (χ1n) is 8.28. The average molecular weight is 402 g/mol. The number of hydrogen-bond donors (Lipinski definition) is 2. The van der Waals surface area contributed by atoms with Gasteiger partial charge in [0, 0.05) is 34.6 Å². The lowest BCUT2D eigenvalue weighted by molar-refractivity contribution is -0.385. The number of carbonyl (C=O) groups excluding carboxylic acids is 2. The van der Waals surface area contributed by atoms with Crippen molar-refractivity contribution in [2.45, 2.75) is 12.5 Å². The molecule has 1 heterocycles. The Bertz CT molecular complexity index is 1060. The number of aromatic nitrogens is 1. The Hall–Kier alpha value is -3.39. The van der Waals surface area contributed by atoms with Gasteiger partial charge < -0.3 is 15.0 Å². The predicted octanol–water partition coefficient (Wildman–Crippen LogP) is 3.24. The lowest BCUT2D eigenvalue weighted by Gasteiger charge is -2.16. The predicted molar refractivity (Wildman–Crippen MR) is 103 cm³/mol. The number of nitrogens with zero attached hydrogens (tertiary/aromatic N) is 1. The number of H-pyrrole nitrogens is 1. The number of amides is 1. The first-order valence-corrected chi connectivity index (χ1v) is 8.66. The van der Waals surface area contributed by atoms with Gasteiger partial charge in [0.05, 0.1) is 12.0 Å². The Morgan fingerprint density at radius 2 is 2.04 bits per heavy atom. The van der Waals surface area contributed by atoms with Gasteiger partial charge in [-0.05, 0) is 23.8 Å². The minimum atomic E-state index is -1.02. The highest BCUT2D eigenvalue weighted by molar-refractivity contribution is 6.31. The highest BCUT2D eigenvalue weighted by atomic mass is 35.5. The van der Waals surface area contributed by atoms with Gasteiger partial charge in [0.2, 0.25) is 0 Å². The quantitative estimate of drug-likeness (QED) is 0.374. The van der Waals surface area contributed by atoms with Crippen LogP contribution in [-0.2, 0) is 16.0 Å². The van der Waals surface area contributed by atoms with Crippen LogP contribution in [0, 0.1) is 10.1 Å². The lowest BCUT2D eigenvalue weighted by atomic mass is 10.0. The lowest BCUT2D eigenvalue weighted by Crippen LogP contribution is -2.43. The topological polar surface area (TPSA) is 114 Å². The van der Waals surface area contributed by atoms with Crippen LogP contribution in [0.1, 0.15) is 15.9 Å². The number of halogens is 1. The van der Waals surface area contributed by atoms with E-state index in [4.69, 9.17) is 16.3 Å². The zero-order chi connectivity index (χ0) is 20.3. The van der Waals surface area contributed by atoms with Gasteiger partial charge in [0.1, 0.15) is 11.6 Å². The van der Waals surface area contributed by atoms with Gasteiger partial charge in [-0.1, -0.05) is 29.8 Å². The van der Waals surface area contributed by atoms with Gasteiger partial charge in [-0.3, -0.25) is 14.9 Å². The number of para-hydroxylation sites is 1. The maximum absolute atomic E-state index is 12.6. The Balaban J connectivity index is 1.88. The second kappa shape index (κ2) is 8.10. The molecule has 0 fully saturated rings. The number of hydrogen-bond acceptors (Lipinski definition) is 5. The standard InChI is InChI=1S/C19H16ClN3O5/c1-28-19(25)16(8-11-10-21-15-5-3-2-4-13(11)15)22-18(24)14-7-6-12(20)9-17(14)23(26)27/h2-7,9-10,16,21H,8H2,1H3,(H,22,24). The molecule has 0 radical (unpaired) electrons. The monoisotopic (exact) mass is 401 g/mol. The molecule has 2 N–H and O–H groups in total. The number of methoxy groups -OCH3 is 1. The minimum absolute atomic E-state index is 0.131. The Morgan fingerprint density at radius 3 is 2.75 bits per heavy atom. The first kappa shape index (κ1) is 19.4. The van der Waals surface area contributed by atoms with Gasteiger partial charge >= 0.3 is 5.97 Å². The van der Waals surface area contributed by atoms with E-state index >= 15 is 0 Å². The summed E-state index contributed by atoms with van der Waals surface area (Å²) in [6, 6.07) is 10.2. The molecule has 3 aromatic rings. The van der Waals surface area contributed by atoms with E-state index in [2.05, 4.69) is 10.3 Å². The number of carbonyl (C=O) groups is 2. The number of benzene rings is 2. The third-order valence-corrected chi connectivity index (χ3v) is 4.53. The molecule has 1 amide bonds. The summed E-state index contributed by atoms with van der Waals surface area (Å²) in [4.78, 5) is 38.5. The van der Waals surface area contributed by atoms with E-state index in [0.29, 0.717) is 0 Å². The van der Waals surface area contributed by atoms with Crippen LogP contribution in [0.3, 0.4) is 0 Å². The van der Waals surface area contributed by atoms with Crippen LogP contribution in [0.25, 0.3) is 10.9 Å².